The van der Waals surface area contributed by atoms with Crippen LogP contribution in [0.25, 0.3) is 0 Å². The predicted octanol–water partition coefficient (Wildman–Crippen LogP) is 1.99. The van der Waals surface area contributed by atoms with E-state index in [9.17, 15) is 4.39 Å². The molecule has 1 atom stereocenters. The lowest BCUT2D eigenvalue weighted by Crippen LogP contribution is -2.18. The van der Waals surface area contributed by atoms with Gasteiger partial charge in [0, 0.05) is 6.54 Å². The maximum absolute atomic E-state index is 12.9. The van der Waals surface area contributed by atoms with Gasteiger partial charge in [-0.25, -0.2) is 4.39 Å². The summed E-state index contributed by atoms with van der Waals surface area (Å²) in [7, 11) is 0. The lowest BCUT2D eigenvalue weighted by molar-refractivity contribution is 0.183. The first-order valence-corrected chi connectivity index (χ1v) is 5.23. The number of aryl methyl sites for hydroxylation is 1. The third-order valence-corrected chi connectivity index (χ3v) is 2.29. The van der Waals surface area contributed by atoms with Gasteiger partial charge in [0.05, 0.1) is 6.10 Å². The molecule has 2 nitrogen and oxygen atoms in total. The second kappa shape index (κ2) is 5.83. The van der Waals surface area contributed by atoms with E-state index in [4.69, 9.17) is 5.11 Å². The Balaban J connectivity index is 2.35. The minimum Gasteiger partial charge on any atom is -0.393 e. The van der Waals surface area contributed by atoms with E-state index >= 15 is 0 Å². The summed E-state index contributed by atoms with van der Waals surface area (Å²) in [6, 6.07) is 5.10. The van der Waals surface area contributed by atoms with Gasteiger partial charge in [-0.2, -0.15) is 0 Å². The number of aliphatic hydroxyl groups is 1. The summed E-state index contributed by atoms with van der Waals surface area (Å²) < 4.78 is 12.9. The largest absolute Gasteiger partial charge is 0.393 e. The number of nitrogens with one attached hydrogen (secondary N) is 1. The second-order valence-electron chi connectivity index (χ2n) is 3.90. The molecule has 0 radical (unpaired) electrons. The van der Waals surface area contributed by atoms with Gasteiger partial charge in [0.25, 0.3) is 0 Å². The maximum atomic E-state index is 12.9. The van der Waals surface area contributed by atoms with Crippen molar-refractivity contribution in [1.82, 2.24) is 5.32 Å². The topological polar surface area (TPSA) is 32.3 Å². The van der Waals surface area contributed by atoms with E-state index < -0.39 is 0 Å². The molecule has 0 amide bonds. The van der Waals surface area contributed by atoms with Gasteiger partial charge < -0.3 is 10.4 Å². The van der Waals surface area contributed by atoms with Crippen molar-refractivity contribution in [3.8, 4) is 0 Å². The monoisotopic (exact) mass is 211 g/mol. The Bertz CT molecular complexity index is 312. The van der Waals surface area contributed by atoms with Crippen LogP contribution in [0.2, 0.25) is 0 Å². The lowest BCUT2D eigenvalue weighted by atomic mass is 10.1. The molecule has 0 heterocycles. The van der Waals surface area contributed by atoms with Gasteiger partial charge in [0.1, 0.15) is 5.82 Å². The third kappa shape index (κ3) is 4.40. The van der Waals surface area contributed by atoms with Gasteiger partial charge in [0.15, 0.2) is 0 Å². The van der Waals surface area contributed by atoms with Crippen LogP contribution in [-0.4, -0.2) is 17.8 Å². The molecule has 0 aliphatic rings. The van der Waals surface area contributed by atoms with Crippen LogP contribution in [0.15, 0.2) is 18.2 Å². The number of aliphatic hydroxyl groups excluding tert-OH is 1. The fourth-order valence-corrected chi connectivity index (χ4v) is 1.36. The van der Waals surface area contributed by atoms with Crippen LogP contribution in [0.3, 0.4) is 0 Å². The minimum absolute atomic E-state index is 0.164. The predicted molar refractivity (Wildman–Crippen MR) is 59.1 cm³/mol. The molecule has 0 aliphatic carbocycles. The van der Waals surface area contributed by atoms with Crippen LogP contribution >= 0.6 is 0 Å². The van der Waals surface area contributed by atoms with Crippen LogP contribution in [0, 0.1) is 12.7 Å². The molecule has 0 bridgehead atoms. The Labute approximate surface area is 90.1 Å². The Morgan fingerprint density at radius 3 is 2.80 bits per heavy atom. The number of rotatable bonds is 5. The van der Waals surface area contributed by atoms with E-state index in [2.05, 4.69) is 5.32 Å². The van der Waals surface area contributed by atoms with Gasteiger partial charge in [-0.05, 0) is 44.0 Å². The number of benzene rings is 1. The highest BCUT2D eigenvalue weighted by Crippen LogP contribution is 2.08. The standard InChI is InChI=1S/C12H18FNO/c1-9-7-11(3-4-12(9)13)8-14-6-5-10(2)15/h3-4,7,10,14-15H,5-6,8H2,1-2H3/t10-/m0/s1. The number of hydrogen-bond donors (Lipinski definition) is 2. The zero-order valence-electron chi connectivity index (χ0n) is 9.26. The van der Waals surface area contributed by atoms with Crippen molar-refractivity contribution < 1.29 is 9.50 Å². The van der Waals surface area contributed by atoms with Crippen LogP contribution in [0.1, 0.15) is 24.5 Å². The molecule has 1 aromatic carbocycles. The van der Waals surface area contributed by atoms with E-state index in [0.29, 0.717) is 12.1 Å². The highest BCUT2D eigenvalue weighted by Gasteiger charge is 1.99. The number of hydrogen-bond acceptors (Lipinski definition) is 2. The van der Waals surface area contributed by atoms with E-state index in [0.717, 1.165) is 18.5 Å². The van der Waals surface area contributed by atoms with Crippen LogP contribution in [-0.2, 0) is 6.54 Å². The van der Waals surface area contributed by atoms with Gasteiger partial charge in [0.2, 0.25) is 0 Å². The van der Waals surface area contributed by atoms with E-state index in [1.54, 1.807) is 19.9 Å². The maximum Gasteiger partial charge on any atom is 0.126 e. The molecule has 0 saturated heterocycles. The molecule has 15 heavy (non-hydrogen) atoms. The Morgan fingerprint density at radius 2 is 2.20 bits per heavy atom. The summed E-state index contributed by atoms with van der Waals surface area (Å²) in [5.41, 5.74) is 1.74. The smallest absolute Gasteiger partial charge is 0.126 e. The second-order valence-corrected chi connectivity index (χ2v) is 3.90. The normalized spacial score (nSPS) is 12.8. The molecule has 0 fully saturated rings. The van der Waals surface area contributed by atoms with Crippen LogP contribution in [0.4, 0.5) is 4.39 Å². The molecule has 0 spiro atoms. The summed E-state index contributed by atoms with van der Waals surface area (Å²) in [5.74, 6) is -0.164. The van der Waals surface area contributed by atoms with Crippen molar-refractivity contribution in [2.45, 2.75) is 32.9 Å². The zero-order chi connectivity index (χ0) is 11.3. The van der Waals surface area contributed by atoms with Crippen molar-refractivity contribution in [2.24, 2.45) is 0 Å². The van der Waals surface area contributed by atoms with Crippen LogP contribution in [0.5, 0.6) is 0 Å². The summed E-state index contributed by atoms with van der Waals surface area (Å²) in [5, 5.41) is 12.2. The van der Waals surface area contributed by atoms with Crippen molar-refractivity contribution in [2.75, 3.05) is 6.54 Å². The molecule has 0 saturated carbocycles. The first-order valence-electron chi connectivity index (χ1n) is 5.23. The molecule has 3 heteroatoms. The quantitative estimate of drug-likeness (QED) is 0.730. The fraction of sp³-hybridized carbons (Fsp3) is 0.500. The zero-order valence-corrected chi connectivity index (χ0v) is 9.26. The molecule has 0 aliphatic heterocycles. The van der Waals surface area contributed by atoms with Crippen LogP contribution < -0.4 is 5.32 Å². The molecular formula is C12H18FNO. The van der Waals surface area contributed by atoms with Gasteiger partial charge in [-0.15, -0.1) is 0 Å². The summed E-state index contributed by atoms with van der Waals surface area (Å²) >= 11 is 0. The van der Waals surface area contributed by atoms with Gasteiger partial charge in [-0.3, -0.25) is 0 Å². The van der Waals surface area contributed by atoms with E-state index in [1.165, 1.54) is 6.07 Å². The minimum atomic E-state index is -0.271. The summed E-state index contributed by atoms with van der Waals surface area (Å²) in [6.45, 7) is 5.01. The summed E-state index contributed by atoms with van der Waals surface area (Å²) in [6.07, 6.45) is 0.465. The third-order valence-electron chi connectivity index (χ3n) is 2.29. The molecule has 1 aromatic rings. The highest BCUT2D eigenvalue weighted by molar-refractivity contribution is 5.23. The SMILES string of the molecule is Cc1cc(CNCC[C@H](C)O)ccc1F. The fourth-order valence-electron chi connectivity index (χ4n) is 1.36. The molecule has 1 rings (SSSR count). The highest BCUT2D eigenvalue weighted by atomic mass is 19.1. The number of halogens is 1. The molecular weight excluding hydrogens is 193 g/mol. The van der Waals surface area contributed by atoms with Gasteiger partial charge in [-0.1, -0.05) is 12.1 Å². The molecule has 84 valence electrons. The van der Waals surface area contributed by atoms with E-state index in [-0.39, 0.29) is 11.9 Å². The Hall–Kier alpha value is -0.930. The average molecular weight is 211 g/mol. The van der Waals surface area contributed by atoms with Crippen molar-refractivity contribution >= 4 is 0 Å². The molecule has 0 unspecified atom stereocenters. The molecule has 2 N–H and O–H groups in total. The van der Waals surface area contributed by atoms with Crippen molar-refractivity contribution in [3.63, 3.8) is 0 Å². The Kier molecular flexibility index (Phi) is 4.72. The van der Waals surface area contributed by atoms with Gasteiger partial charge >= 0.3 is 0 Å². The Morgan fingerprint density at radius 1 is 1.47 bits per heavy atom. The lowest BCUT2D eigenvalue weighted by Gasteiger charge is -2.07. The first-order chi connectivity index (χ1) is 7.09. The molecule has 0 aromatic heterocycles. The van der Waals surface area contributed by atoms with Crippen molar-refractivity contribution in [1.29, 1.82) is 0 Å². The first kappa shape index (κ1) is 12.1. The van der Waals surface area contributed by atoms with Crippen molar-refractivity contribution in [3.05, 3.63) is 35.1 Å². The van der Waals surface area contributed by atoms with E-state index in [1.807, 2.05) is 6.07 Å². The summed E-state index contributed by atoms with van der Waals surface area (Å²) in [4.78, 5) is 0. The average Bonchev–Trinajstić information content (AvgIpc) is 2.18.